The summed E-state index contributed by atoms with van der Waals surface area (Å²) in [7, 11) is -3.75. The summed E-state index contributed by atoms with van der Waals surface area (Å²) in [5, 5.41) is 3.01. The summed E-state index contributed by atoms with van der Waals surface area (Å²) in [5.41, 5.74) is 0.711. The van der Waals surface area contributed by atoms with E-state index in [1.165, 1.54) is 10.4 Å². The molecule has 1 aromatic heterocycles. The van der Waals surface area contributed by atoms with Crippen LogP contribution in [0.15, 0.2) is 10.3 Å². The van der Waals surface area contributed by atoms with Gasteiger partial charge in [0.1, 0.15) is 10.3 Å². The number of hydrogen-bond acceptors (Lipinski definition) is 6. The number of nitrogens with one attached hydrogen (secondary N) is 1. The monoisotopic (exact) mass is 352 g/mol. The minimum Gasteiger partial charge on any atom is -0.465 e. The molecule has 1 aliphatic heterocycles. The molecule has 0 aliphatic carbocycles. The molecule has 2 rings (SSSR count). The number of aryl methyl sites for hydroxylation is 1. The molecular formula is C12H17ClN2O4S2. The molecule has 1 N–H and O–H groups in total. The van der Waals surface area contributed by atoms with E-state index in [1.807, 2.05) is 0 Å². The summed E-state index contributed by atoms with van der Waals surface area (Å²) in [4.78, 5) is 12.0. The number of thiophene rings is 1. The van der Waals surface area contributed by atoms with Crippen LogP contribution in [0.5, 0.6) is 0 Å². The van der Waals surface area contributed by atoms with E-state index >= 15 is 0 Å². The van der Waals surface area contributed by atoms with Crippen LogP contribution in [0.25, 0.3) is 0 Å². The van der Waals surface area contributed by atoms with E-state index in [1.54, 1.807) is 13.8 Å². The number of nitrogens with zero attached hydrogens (tertiary/aromatic N) is 1. The van der Waals surface area contributed by atoms with Gasteiger partial charge in [-0.3, -0.25) is 4.79 Å². The van der Waals surface area contributed by atoms with Crippen LogP contribution in [-0.2, 0) is 19.6 Å². The summed E-state index contributed by atoms with van der Waals surface area (Å²) < 4.78 is 32.2. The summed E-state index contributed by atoms with van der Waals surface area (Å²) in [6.07, 6.45) is 0. The third-order valence-corrected chi connectivity index (χ3v) is 7.06. The maximum absolute atomic E-state index is 12.7. The fourth-order valence-electron chi connectivity index (χ4n) is 2.09. The van der Waals surface area contributed by atoms with Crippen molar-refractivity contribution < 1.29 is 17.9 Å². The largest absolute Gasteiger partial charge is 0.465 e. The SMILES string of the molecule is CCOC(=O)C1CNCCN1S(=O)(=O)c1cc(C)c(Cl)s1. The van der Waals surface area contributed by atoms with E-state index in [0.717, 1.165) is 11.3 Å². The lowest BCUT2D eigenvalue weighted by molar-refractivity contribution is -0.148. The van der Waals surface area contributed by atoms with E-state index in [4.69, 9.17) is 16.3 Å². The Morgan fingerprint density at radius 2 is 2.33 bits per heavy atom. The van der Waals surface area contributed by atoms with Crippen LogP contribution in [0.1, 0.15) is 12.5 Å². The predicted octanol–water partition coefficient (Wildman–Crippen LogP) is 1.24. The standard InChI is InChI=1S/C12H17ClN2O4S2/c1-3-19-12(16)9-7-14-4-5-15(9)21(17,18)10-6-8(2)11(13)20-10/h6,9,14H,3-5,7H2,1-2H3. The first-order valence-electron chi connectivity index (χ1n) is 6.53. The molecule has 0 radical (unpaired) electrons. The first kappa shape index (κ1) is 16.7. The van der Waals surface area contributed by atoms with Crippen LogP contribution < -0.4 is 5.32 Å². The second-order valence-corrected chi connectivity index (χ2v) is 8.38. The zero-order valence-corrected chi connectivity index (χ0v) is 14.1. The van der Waals surface area contributed by atoms with Crippen molar-refractivity contribution in [1.29, 1.82) is 0 Å². The average Bonchev–Trinajstić information content (AvgIpc) is 2.80. The van der Waals surface area contributed by atoms with Crippen molar-refractivity contribution in [1.82, 2.24) is 9.62 Å². The lowest BCUT2D eigenvalue weighted by Gasteiger charge is -2.32. The molecule has 1 saturated heterocycles. The Labute approximate surface area is 133 Å². The lowest BCUT2D eigenvalue weighted by Crippen LogP contribution is -2.57. The number of rotatable bonds is 4. The summed E-state index contributed by atoms with van der Waals surface area (Å²) in [6, 6.07) is 0.692. The molecule has 0 spiro atoms. The lowest BCUT2D eigenvalue weighted by atomic mass is 10.2. The van der Waals surface area contributed by atoms with Crippen molar-refractivity contribution in [2.75, 3.05) is 26.2 Å². The highest BCUT2D eigenvalue weighted by Gasteiger charge is 2.39. The van der Waals surface area contributed by atoms with Gasteiger partial charge in [-0.15, -0.1) is 11.3 Å². The van der Waals surface area contributed by atoms with Crippen molar-refractivity contribution in [2.45, 2.75) is 24.1 Å². The molecule has 0 bridgehead atoms. The van der Waals surface area contributed by atoms with Gasteiger partial charge in [0.2, 0.25) is 0 Å². The number of esters is 1. The Kier molecular flexibility index (Phi) is 5.26. The topological polar surface area (TPSA) is 75.7 Å². The summed E-state index contributed by atoms with van der Waals surface area (Å²) in [6.45, 7) is 4.62. The van der Waals surface area contributed by atoms with Crippen molar-refractivity contribution in [3.63, 3.8) is 0 Å². The molecule has 0 aromatic carbocycles. The normalized spacial score (nSPS) is 20.4. The van der Waals surface area contributed by atoms with Crippen molar-refractivity contribution in [2.24, 2.45) is 0 Å². The maximum Gasteiger partial charge on any atom is 0.325 e. The Bertz CT molecular complexity index is 610. The minimum absolute atomic E-state index is 0.154. The van der Waals surface area contributed by atoms with E-state index < -0.39 is 22.0 Å². The van der Waals surface area contributed by atoms with Crippen LogP contribution >= 0.6 is 22.9 Å². The number of piperazine rings is 1. The highest BCUT2D eigenvalue weighted by atomic mass is 35.5. The molecule has 1 aromatic rings. The maximum atomic E-state index is 12.7. The van der Waals surface area contributed by atoms with Gasteiger partial charge in [0.15, 0.2) is 0 Å². The third kappa shape index (κ3) is 3.40. The molecule has 2 heterocycles. The van der Waals surface area contributed by atoms with Gasteiger partial charge in [-0.1, -0.05) is 11.6 Å². The Morgan fingerprint density at radius 3 is 2.90 bits per heavy atom. The average molecular weight is 353 g/mol. The Morgan fingerprint density at radius 1 is 1.62 bits per heavy atom. The van der Waals surface area contributed by atoms with Crippen LogP contribution in [-0.4, -0.2) is 51.0 Å². The van der Waals surface area contributed by atoms with Gasteiger partial charge < -0.3 is 10.1 Å². The third-order valence-electron chi connectivity index (χ3n) is 3.15. The van der Waals surface area contributed by atoms with Gasteiger partial charge in [0.05, 0.1) is 10.9 Å². The smallest absolute Gasteiger partial charge is 0.325 e. The number of sulfonamides is 1. The van der Waals surface area contributed by atoms with Gasteiger partial charge in [-0.2, -0.15) is 4.31 Å². The molecule has 6 nitrogen and oxygen atoms in total. The van der Waals surface area contributed by atoms with E-state index in [9.17, 15) is 13.2 Å². The molecule has 0 amide bonds. The van der Waals surface area contributed by atoms with Crippen molar-refractivity contribution >= 4 is 38.9 Å². The second-order valence-electron chi connectivity index (χ2n) is 4.61. The van der Waals surface area contributed by atoms with E-state index in [2.05, 4.69) is 5.32 Å². The van der Waals surface area contributed by atoms with Gasteiger partial charge in [0.25, 0.3) is 10.0 Å². The van der Waals surface area contributed by atoms with Crippen LogP contribution in [0.2, 0.25) is 4.34 Å². The first-order chi connectivity index (χ1) is 9.87. The molecule has 0 saturated carbocycles. The molecule has 9 heteroatoms. The number of carbonyl (C=O) groups excluding carboxylic acids is 1. The van der Waals surface area contributed by atoms with Crippen molar-refractivity contribution in [3.05, 3.63) is 16.0 Å². The molecule has 1 fully saturated rings. The number of ether oxygens (including phenoxy) is 1. The van der Waals surface area contributed by atoms with Gasteiger partial charge in [-0.05, 0) is 25.5 Å². The number of halogens is 1. The minimum atomic E-state index is -3.75. The van der Waals surface area contributed by atoms with Crippen LogP contribution in [0, 0.1) is 6.92 Å². The fourth-order valence-corrected chi connectivity index (χ4v) is 5.50. The molecule has 1 atom stereocenters. The zero-order valence-electron chi connectivity index (χ0n) is 11.8. The van der Waals surface area contributed by atoms with Crippen LogP contribution in [0.3, 0.4) is 0 Å². The molecule has 21 heavy (non-hydrogen) atoms. The van der Waals surface area contributed by atoms with Gasteiger partial charge in [-0.25, -0.2) is 8.42 Å². The predicted molar refractivity (Wildman–Crippen MR) is 81.2 cm³/mol. The highest BCUT2D eigenvalue weighted by molar-refractivity contribution is 7.91. The van der Waals surface area contributed by atoms with E-state index in [-0.39, 0.29) is 23.9 Å². The van der Waals surface area contributed by atoms with Gasteiger partial charge in [0, 0.05) is 19.6 Å². The van der Waals surface area contributed by atoms with E-state index in [0.29, 0.717) is 16.4 Å². The summed E-state index contributed by atoms with van der Waals surface area (Å²) >= 11 is 6.96. The molecule has 1 unspecified atom stereocenters. The Balaban J connectivity index is 2.33. The highest BCUT2D eigenvalue weighted by Crippen LogP contribution is 2.32. The molecular weight excluding hydrogens is 336 g/mol. The molecule has 1 aliphatic rings. The quantitative estimate of drug-likeness (QED) is 0.825. The Hall–Kier alpha value is -0.670. The van der Waals surface area contributed by atoms with Crippen molar-refractivity contribution in [3.8, 4) is 0 Å². The van der Waals surface area contributed by atoms with Gasteiger partial charge >= 0.3 is 5.97 Å². The summed E-state index contributed by atoms with van der Waals surface area (Å²) in [5.74, 6) is -0.535. The zero-order chi connectivity index (χ0) is 15.6. The number of hydrogen-bond donors (Lipinski definition) is 1. The fraction of sp³-hybridized carbons (Fsp3) is 0.583. The first-order valence-corrected chi connectivity index (χ1v) is 9.16. The molecule has 118 valence electrons. The second kappa shape index (κ2) is 6.62. The van der Waals surface area contributed by atoms with Crippen LogP contribution in [0.4, 0.5) is 0 Å². The number of carbonyl (C=O) groups is 1.